The minimum atomic E-state index is -2.85. The maximum absolute atomic E-state index is 13.4. The molecule has 292 valence electrons. The fourth-order valence-electron chi connectivity index (χ4n) is 4.80. The van der Waals surface area contributed by atoms with Crippen molar-refractivity contribution < 1.29 is 55.2 Å². The third-order valence-corrected chi connectivity index (χ3v) is 16.2. The highest BCUT2D eigenvalue weighted by molar-refractivity contribution is 8.04. The molecule has 0 saturated carbocycles. The second kappa shape index (κ2) is 26.4. The number of carbonyl (C=O) groups excluding carboxylic acids is 3. The molecule has 0 aromatic rings. The lowest BCUT2D eigenvalue weighted by atomic mass is 9.93. The van der Waals surface area contributed by atoms with Crippen molar-refractivity contribution in [3.63, 3.8) is 0 Å². The third-order valence-electron chi connectivity index (χ3n) is 7.11. The molecule has 0 aliphatic carbocycles. The largest absolute Gasteiger partial charge is 0.500 e. The third kappa shape index (κ3) is 18.4. The van der Waals surface area contributed by atoms with Crippen molar-refractivity contribution in [1.82, 2.24) is 10.6 Å². The summed E-state index contributed by atoms with van der Waals surface area (Å²) in [6, 6.07) is 1.04. The van der Waals surface area contributed by atoms with Gasteiger partial charge in [0, 0.05) is 87.3 Å². The van der Waals surface area contributed by atoms with Gasteiger partial charge < -0.3 is 51.4 Å². The van der Waals surface area contributed by atoms with Gasteiger partial charge in [0.2, 0.25) is 0 Å². The van der Waals surface area contributed by atoms with Gasteiger partial charge >= 0.3 is 35.8 Å². The number of ether oxygens (including phenoxy) is 3. The zero-order chi connectivity index (χ0) is 37.3. The van der Waals surface area contributed by atoms with Crippen LogP contribution in [-0.2, 0) is 45.6 Å². The van der Waals surface area contributed by atoms with Gasteiger partial charge in [0.05, 0.1) is 0 Å². The van der Waals surface area contributed by atoms with Crippen LogP contribution in [0, 0.1) is 5.41 Å². The number of nitrogens with one attached hydrogen (secondary N) is 2. The van der Waals surface area contributed by atoms with Crippen molar-refractivity contribution >= 4 is 59.3 Å². The first-order valence-corrected chi connectivity index (χ1v) is 23.7. The second-order valence-electron chi connectivity index (χ2n) is 11.5. The normalized spacial score (nSPS) is 15.7. The van der Waals surface area contributed by atoms with Crippen molar-refractivity contribution in [3.8, 4) is 0 Å². The maximum Gasteiger partial charge on any atom is 0.500 e. The van der Waals surface area contributed by atoms with Crippen LogP contribution in [0.4, 0.5) is 9.59 Å². The summed E-state index contributed by atoms with van der Waals surface area (Å²) in [6.45, 7) is 19.7. The van der Waals surface area contributed by atoms with Gasteiger partial charge in [-0.2, -0.15) is 11.8 Å². The first kappa shape index (κ1) is 46.7. The number of esters is 1. The second-order valence-corrected chi connectivity index (χ2v) is 19.3. The summed E-state index contributed by atoms with van der Waals surface area (Å²) in [4.78, 5) is 38.8. The fourth-order valence-corrected chi connectivity index (χ4v) is 12.4. The number of hydrogen-bond donors (Lipinski definition) is 2. The van der Waals surface area contributed by atoms with Crippen molar-refractivity contribution in [2.45, 2.75) is 78.6 Å². The van der Waals surface area contributed by atoms with Gasteiger partial charge in [-0.05, 0) is 61.3 Å². The molecule has 1 rings (SSSR count). The molecule has 0 bridgehead atoms. The van der Waals surface area contributed by atoms with Crippen molar-refractivity contribution in [3.05, 3.63) is 12.2 Å². The molecule has 14 nitrogen and oxygen atoms in total. The lowest BCUT2D eigenvalue weighted by molar-refractivity contribution is -0.159. The Morgan fingerprint density at radius 2 is 1.14 bits per heavy atom. The van der Waals surface area contributed by atoms with Gasteiger partial charge in [-0.25, -0.2) is 9.59 Å². The highest BCUT2D eigenvalue weighted by Gasteiger charge is 2.42. The predicted octanol–water partition coefficient (Wildman–Crippen LogP) is 5.27. The molecule has 1 atom stereocenters. The van der Waals surface area contributed by atoms with Crippen LogP contribution in [0.25, 0.3) is 0 Å². The zero-order valence-corrected chi connectivity index (χ0v) is 34.9. The number of carbonyl (C=O) groups is 3. The Labute approximate surface area is 310 Å². The van der Waals surface area contributed by atoms with E-state index in [-0.39, 0.29) is 38.2 Å². The molecule has 1 unspecified atom stereocenters. The van der Waals surface area contributed by atoms with E-state index in [9.17, 15) is 14.4 Å². The van der Waals surface area contributed by atoms with E-state index in [0.29, 0.717) is 64.6 Å². The Hall–Kier alpha value is -1.36. The molecule has 0 aromatic heterocycles. The lowest BCUT2D eigenvalue weighted by Crippen LogP contribution is -2.46. The Bertz CT molecular complexity index is 917. The molecule has 0 spiro atoms. The van der Waals surface area contributed by atoms with E-state index in [1.807, 2.05) is 41.5 Å². The summed E-state index contributed by atoms with van der Waals surface area (Å²) >= 11 is 3.44. The minimum absolute atomic E-state index is 0.0855. The Kier molecular flexibility index (Phi) is 24.7. The zero-order valence-electron chi connectivity index (χ0n) is 31.2. The van der Waals surface area contributed by atoms with Gasteiger partial charge in [-0.1, -0.05) is 12.2 Å². The molecule has 50 heavy (non-hydrogen) atoms. The number of thioether (sulfide) groups is 2. The number of hydrogen-bond acceptors (Lipinski definition) is 14. The van der Waals surface area contributed by atoms with E-state index in [1.54, 1.807) is 30.4 Å². The summed E-state index contributed by atoms with van der Waals surface area (Å²) in [7, 11) is -5.70. The van der Waals surface area contributed by atoms with Gasteiger partial charge in [-0.15, -0.1) is 11.8 Å². The first-order valence-electron chi connectivity index (χ1n) is 17.6. The van der Waals surface area contributed by atoms with Crippen LogP contribution in [-0.4, -0.2) is 131 Å². The Balaban J connectivity index is 2.79. The molecule has 18 heteroatoms. The van der Waals surface area contributed by atoms with Crippen LogP contribution in [0.15, 0.2) is 12.2 Å². The van der Waals surface area contributed by atoms with Crippen LogP contribution >= 0.6 is 23.5 Å². The summed E-state index contributed by atoms with van der Waals surface area (Å²) in [5, 5.41) is 5.50. The minimum Gasteiger partial charge on any atom is -0.464 e. The molecular weight excluding hydrogens is 725 g/mol. The van der Waals surface area contributed by atoms with E-state index in [0.717, 1.165) is 22.8 Å². The van der Waals surface area contributed by atoms with E-state index in [4.69, 9.17) is 40.8 Å². The molecular formula is C32H62N2O12S2Si2. The first-order chi connectivity index (χ1) is 24.0. The van der Waals surface area contributed by atoms with Crippen LogP contribution < -0.4 is 10.6 Å². The standard InChI is InChI=1S/C32H62N2O12S2Si2/c1-9-41-49(42-10-2,43-11-3)19-15-17-33-30(36)39-25-32(8,29(35)38-21-28-24-47-22-27(7)23-48-28)26-40-31(37)34-18-16-20-50(44-12-4,45-13-5)46-14-6/h28H,7,9-26H2,1-6,8H3,(H,33,36)(H,34,37). The average molecular weight is 787 g/mol. The summed E-state index contributed by atoms with van der Waals surface area (Å²) in [5.74, 6) is 1.85. The van der Waals surface area contributed by atoms with E-state index < -0.39 is 41.2 Å². The van der Waals surface area contributed by atoms with Crippen molar-refractivity contribution in [1.29, 1.82) is 0 Å². The molecule has 0 aromatic carbocycles. The highest BCUT2D eigenvalue weighted by Crippen LogP contribution is 2.27. The summed E-state index contributed by atoms with van der Waals surface area (Å²) in [5.41, 5.74) is -0.316. The molecule has 1 fully saturated rings. The molecule has 1 aliphatic heterocycles. The number of amides is 2. The van der Waals surface area contributed by atoms with Crippen LogP contribution in [0.3, 0.4) is 0 Å². The SMILES string of the molecule is C=C1CSCC(COC(=O)C(C)(COC(=O)NCCC[Si](OCC)(OCC)OCC)COC(=O)NCCC[Si](OCC)(OCC)OCC)SC1. The van der Waals surface area contributed by atoms with Gasteiger partial charge in [0.1, 0.15) is 25.2 Å². The quantitative estimate of drug-likeness (QED) is 0.0365. The van der Waals surface area contributed by atoms with Gasteiger partial charge in [-0.3, -0.25) is 4.79 Å². The maximum atomic E-state index is 13.4. The smallest absolute Gasteiger partial charge is 0.464 e. The summed E-state index contributed by atoms with van der Waals surface area (Å²) < 4.78 is 51.8. The number of rotatable bonds is 27. The van der Waals surface area contributed by atoms with Crippen LogP contribution in [0.5, 0.6) is 0 Å². The van der Waals surface area contributed by atoms with Crippen LogP contribution in [0.2, 0.25) is 12.1 Å². The molecule has 1 aliphatic rings. The van der Waals surface area contributed by atoms with Crippen molar-refractivity contribution in [2.24, 2.45) is 5.41 Å². The van der Waals surface area contributed by atoms with E-state index >= 15 is 0 Å². The van der Waals surface area contributed by atoms with Gasteiger partial charge in [0.25, 0.3) is 0 Å². The van der Waals surface area contributed by atoms with Crippen LogP contribution in [0.1, 0.15) is 61.3 Å². The van der Waals surface area contributed by atoms with Gasteiger partial charge in [0.15, 0.2) is 0 Å². The van der Waals surface area contributed by atoms with Crippen molar-refractivity contribution in [2.75, 3.05) is 89.8 Å². The monoisotopic (exact) mass is 786 g/mol. The molecule has 1 saturated heterocycles. The average Bonchev–Trinajstić information content (AvgIpc) is 3.30. The Morgan fingerprint density at radius 3 is 1.54 bits per heavy atom. The number of alkyl carbamates (subject to hydrolysis) is 2. The highest BCUT2D eigenvalue weighted by atomic mass is 32.2. The lowest BCUT2D eigenvalue weighted by Gasteiger charge is -2.29. The fraction of sp³-hybridized carbons (Fsp3) is 0.844. The summed E-state index contributed by atoms with van der Waals surface area (Å²) in [6.07, 6.45) is -0.359. The molecule has 2 amide bonds. The van der Waals surface area contributed by atoms with E-state index in [1.165, 1.54) is 0 Å². The topological polar surface area (TPSA) is 158 Å². The van der Waals surface area contributed by atoms with E-state index in [2.05, 4.69) is 17.2 Å². The predicted molar refractivity (Wildman–Crippen MR) is 201 cm³/mol. The molecule has 0 radical (unpaired) electrons. The molecule has 1 heterocycles. The molecule has 2 N–H and O–H groups in total. The Morgan fingerprint density at radius 1 is 0.720 bits per heavy atom.